The van der Waals surface area contributed by atoms with Crippen LogP contribution in [0.2, 0.25) is 5.02 Å². The average Bonchev–Trinajstić information content (AvgIpc) is 2.62. The summed E-state index contributed by atoms with van der Waals surface area (Å²) in [5.41, 5.74) is 1.10. The molecule has 1 aromatic carbocycles. The van der Waals surface area contributed by atoms with E-state index in [1.807, 2.05) is 17.8 Å². The van der Waals surface area contributed by atoms with Gasteiger partial charge in [-0.15, -0.1) is 11.8 Å². The molecular formula is C10H9ClOS. The van der Waals surface area contributed by atoms with Gasteiger partial charge in [0.25, 0.3) is 0 Å². The number of aromatic hydroxyl groups is 1. The zero-order chi connectivity index (χ0) is 9.26. The van der Waals surface area contributed by atoms with Crippen molar-refractivity contribution in [2.24, 2.45) is 0 Å². The number of phenolic OH excluding ortho intramolecular Hbond substituents is 1. The summed E-state index contributed by atoms with van der Waals surface area (Å²) < 4.78 is 0. The molecule has 1 aliphatic heterocycles. The molecular weight excluding hydrogens is 204 g/mol. The smallest absolute Gasteiger partial charge is 0.134 e. The number of benzene rings is 1. The van der Waals surface area contributed by atoms with Crippen LogP contribution in [0.4, 0.5) is 0 Å². The number of allylic oxidation sites excluding steroid dienone is 1. The topological polar surface area (TPSA) is 20.2 Å². The van der Waals surface area contributed by atoms with Crippen LogP contribution >= 0.6 is 23.4 Å². The Bertz CT molecular complexity index is 360. The second-order valence-electron chi connectivity index (χ2n) is 2.87. The Morgan fingerprint density at radius 1 is 1.38 bits per heavy atom. The van der Waals surface area contributed by atoms with Crippen LogP contribution in [0.15, 0.2) is 24.3 Å². The largest absolute Gasteiger partial charge is 0.506 e. The number of phenols is 1. The molecule has 0 fully saturated rings. The first kappa shape index (κ1) is 8.97. The predicted molar refractivity (Wildman–Crippen MR) is 58.2 cm³/mol. The van der Waals surface area contributed by atoms with Crippen LogP contribution in [0.3, 0.4) is 0 Å². The quantitative estimate of drug-likeness (QED) is 0.769. The molecule has 0 aromatic heterocycles. The number of rotatable bonds is 1. The van der Waals surface area contributed by atoms with E-state index in [4.69, 9.17) is 11.6 Å². The summed E-state index contributed by atoms with van der Waals surface area (Å²) in [4.78, 5) is 1.27. The van der Waals surface area contributed by atoms with Crippen LogP contribution in [0.5, 0.6) is 5.75 Å². The van der Waals surface area contributed by atoms with Crippen LogP contribution < -0.4 is 0 Å². The molecule has 13 heavy (non-hydrogen) atoms. The van der Waals surface area contributed by atoms with Gasteiger partial charge in [-0.05, 0) is 24.1 Å². The lowest BCUT2D eigenvalue weighted by molar-refractivity contribution is 0.475. The van der Waals surface area contributed by atoms with E-state index in [1.165, 1.54) is 4.91 Å². The fourth-order valence-electron chi connectivity index (χ4n) is 1.28. The minimum absolute atomic E-state index is 0.147. The summed E-state index contributed by atoms with van der Waals surface area (Å²) in [6, 6.07) is 5.34. The molecule has 0 atom stereocenters. The minimum Gasteiger partial charge on any atom is -0.506 e. The highest BCUT2D eigenvalue weighted by Gasteiger charge is 2.09. The molecule has 0 spiro atoms. The Morgan fingerprint density at radius 3 is 2.85 bits per heavy atom. The second kappa shape index (κ2) is 3.64. The van der Waals surface area contributed by atoms with E-state index in [9.17, 15) is 5.11 Å². The normalized spacial score (nSPS) is 15.9. The first-order valence-electron chi connectivity index (χ1n) is 4.09. The Balaban J connectivity index is 2.36. The summed E-state index contributed by atoms with van der Waals surface area (Å²) in [6.45, 7) is 0. The summed E-state index contributed by atoms with van der Waals surface area (Å²) in [6.07, 6.45) is 3.33. The molecule has 0 saturated carbocycles. The third-order valence-corrected chi connectivity index (χ3v) is 3.39. The van der Waals surface area contributed by atoms with Crippen LogP contribution in [0.1, 0.15) is 12.0 Å². The first-order chi connectivity index (χ1) is 6.27. The molecule has 0 unspecified atom stereocenters. The van der Waals surface area contributed by atoms with Gasteiger partial charge in [0.05, 0.1) is 5.02 Å². The highest BCUT2D eigenvalue weighted by molar-refractivity contribution is 8.08. The van der Waals surface area contributed by atoms with Crippen molar-refractivity contribution in [2.75, 3.05) is 5.75 Å². The van der Waals surface area contributed by atoms with Crippen LogP contribution in [-0.4, -0.2) is 10.9 Å². The standard InChI is InChI=1S/C10H9ClOS/c11-8-6-7(3-4-9(8)12)10-2-1-5-13-10/h2-4,6,12H,1,5H2. The molecule has 0 saturated heterocycles. The van der Waals surface area contributed by atoms with Gasteiger partial charge in [-0.1, -0.05) is 23.7 Å². The number of hydrogen-bond acceptors (Lipinski definition) is 2. The SMILES string of the molecule is Oc1ccc(C2=CCCS2)cc1Cl. The van der Waals surface area contributed by atoms with Gasteiger partial charge >= 0.3 is 0 Å². The molecule has 0 aliphatic carbocycles. The molecule has 3 heteroatoms. The van der Waals surface area contributed by atoms with E-state index in [2.05, 4.69) is 6.08 Å². The van der Waals surface area contributed by atoms with E-state index < -0.39 is 0 Å². The van der Waals surface area contributed by atoms with E-state index >= 15 is 0 Å². The van der Waals surface area contributed by atoms with E-state index in [1.54, 1.807) is 12.1 Å². The van der Waals surface area contributed by atoms with Gasteiger partial charge < -0.3 is 5.11 Å². The highest BCUT2D eigenvalue weighted by Crippen LogP contribution is 2.36. The third kappa shape index (κ3) is 1.84. The summed E-state index contributed by atoms with van der Waals surface area (Å²) >= 11 is 7.64. The molecule has 1 aliphatic rings. The minimum atomic E-state index is 0.147. The van der Waals surface area contributed by atoms with E-state index in [0.717, 1.165) is 17.7 Å². The Labute approximate surface area is 86.4 Å². The van der Waals surface area contributed by atoms with Crippen molar-refractivity contribution in [3.05, 3.63) is 34.9 Å². The van der Waals surface area contributed by atoms with Gasteiger partial charge in [-0.2, -0.15) is 0 Å². The molecule has 1 heterocycles. The number of hydrogen-bond donors (Lipinski definition) is 1. The fourth-order valence-corrected chi connectivity index (χ4v) is 2.44. The van der Waals surface area contributed by atoms with Gasteiger partial charge in [0, 0.05) is 10.7 Å². The predicted octanol–water partition coefficient (Wildman–Crippen LogP) is 3.52. The van der Waals surface area contributed by atoms with Gasteiger partial charge in [-0.25, -0.2) is 0 Å². The van der Waals surface area contributed by atoms with E-state index in [0.29, 0.717) is 5.02 Å². The summed E-state index contributed by atoms with van der Waals surface area (Å²) in [5, 5.41) is 9.65. The maximum atomic E-state index is 9.23. The second-order valence-corrected chi connectivity index (χ2v) is 4.42. The number of halogens is 1. The van der Waals surface area contributed by atoms with Gasteiger partial charge in [0.1, 0.15) is 5.75 Å². The van der Waals surface area contributed by atoms with E-state index in [-0.39, 0.29) is 5.75 Å². The van der Waals surface area contributed by atoms with Crippen molar-refractivity contribution in [1.29, 1.82) is 0 Å². The summed E-state index contributed by atoms with van der Waals surface area (Å²) in [5.74, 6) is 1.29. The third-order valence-electron chi connectivity index (χ3n) is 1.94. The molecule has 0 radical (unpaired) electrons. The van der Waals surface area contributed by atoms with Gasteiger partial charge in [0.2, 0.25) is 0 Å². The van der Waals surface area contributed by atoms with Crippen LogP contribution in [0.25, 0.3) is 4.91 Å². The van der Waals surface area contributed by atoms with Crippen molar-refractivity contribution < 1.29 is 5.11 Å². The lowest BCUT2D eigenvalue weighted by Crippen LogP contribution is -1.77. The molecule has 0 amide bonds. The van der Waals surface area contributed by atoms with Crippen molar-refractivity contribution >= 4 is 28.3 Å². The maximum Gasteiger partial charge on any atom is 0.134 e. The van der Waals surface area contributed by atoms with Crippen LogP contribution in [-0.2, 0) is 0 Å². The van der Waals surface area contributed by atoms with Crippen LogP contribution in [0, 0.1) is 0 Å². The van der Waals surface area contributed by atoms with Crippen molar-refractivity contribution in [1.82, 2.24) is 0 Å². The summed E-state index contributed by atoms with van der Waals surface area (Å²) in [7, 11) is 0. The lowest BCUT2D eigenvalue weighted by atomic mass is 10.2. The van der Waals surface area contributed by atoms with Crippen molar-refractivity contribution in [3.63, 3.8) is 0 Å². The average molecular weight is 213 g/mol. The molecule has 0 bridgehead atoms. The lowest BCUT2D eigenvalue weighted by Gasteiger charge is -2.02. The Morgan fingerprint density at radius 2 is 2.23 bits per heavy atom. The first-order valence-corrected chi connectivity index (χ1v) is 5.45. The van der Waals surface area contributed by atoms with Crippen molar-refractivity contribution in [3.8, 4) is 5.75 Å². The fraction of sp³-hybridized carbons (Fsp3) is 0.200. The zero-order valence-corrected chi connectivity index (χ0v) is 8.53. The number of thioether (sulfide) groups is 1. The monoisotopic (exact) mass is 212 g/mol. The molecule has 68 valence electrons. The Kier molecular flexibility index (Phi) is 2.51. The molecule has 2 rings (SSSR count). The molecule has 1 N–H and O–H groups in total. The molecule has 1 nitrogen and oxygen atoms in total. The van der Waals surface area contributed by atoms with Crippen molar-refractivity contribution in [2.45, 2.75) is 6.42 Å². The highest BCUT2D eigenvalue weighted by atomic mass is 35.5. The molecule has 1 aromatic rings. The van der Waals surface area contributed by atoms with Gasteiger partial charge in [0.15, 0.2) is 0 Å². The van der Waals surface area contributed by atoms with Gasteiger partial charge in [-0.3, -0.25) is 0 Å². The maximum absolute atomic E-state index is 9.23. The zero-order valence-electron chi connectivity index (χ0n) is 6.96. The Hall–Kier alpha value is -0.600.